The topological polar surface area (TPSA) is 129 Å². The van der Waals surface area contributed by atoms with E-state index in [1.165, 1.54) is 16.7 Å². The van der Waals surface area contributed by atoms with Gasteiger partial charge in [0.25, 0.3) is 0 Å². The molecule has 2 amide bonds. The van der Waals surface area contributed by atoms with Crippen LogP contribution in [-0.2, 0) is 21.1 Å². The Labute approximate surface area is 220 Å². The average Bonchev–Trinajstić information content (AvgIpc) is 3.57. The summed E-state index contributed by atoms with van der Waals surface area (Å²) in [6.45, 7) is 5.64. The maximum Gasteiger partial charge on any atom is 0.308 e. The standard InChI is InChI=1S/C24H28BrN5O5S/c1-3-9-28(12-29-16-8-6-5-7-15(16)26-27-29)22(33)20-24-10-14(25)19(36-24)17(23(34)35)18(24)21(32)30(20)13(4-2)11-31/h3,5-8,13-14,17-20,31H,1,4,9-12H2,2H3,(H,34,35)/t13-,14?,17-,18-,19-,20?,24?/m0/s1. The van der Waals surface area contributed by atoms with Crippen molar-refractivity contribution in [3.63, 3.8) is 0 Å². The number of benzene rings is 1. The molecule has 10 nitrogen and oxygen atoms in total. The van der Waals surface area contributed by atoms with Gasteiger partial charge in [0.05, 0.1) is 34.7 Å². The number of nitrogens with zero attached hydrogens (tertiary/aromatic N) is 5. The van der Waals surface area contributed by atoms with Crippen LogP contribution in [0.25, 0.3) is 11.0 Å². The first-order chi connectivity index (χ1) is 17.3. The van der Waals surface area contributed by atoms with E-state index in [9.17, 15) is 24.6 Å². The van der Waals surface area contributed by atoms with Gasteiger partial charge in [0.2, 0.25) is 11.8 Å². The Kier molecular flexibility index (Phi) is 6.63. The van der Waals surface area contributed by atoms with E-state index in [0.717, 1.165) is 5.52 Å². The summed E-state index contributed by atoms with van der Waals surface area (Å²) < 4.78 is 0.728. The van der Waals surface area contributed by atoms with Gasteiger partial charge in [-0.2, -0.15) is 0 Å². The number of aliphatic hydroxyl groups excluding tert-OH is 1. The van der Waals surface area contributed by atoms with Crippen molar-refractivity contribution in [3.05, 3.63) is 36.9 Å². The average molecular weight is 578 g/mol. The zero-order valence-corrected chi connectivity index (χ0v) is 22.1. The Morgan fingerprint density at radius 3 is 2.83 bits per heavy atom. The molecule has 3 saturated heterocycles. The molecule has 0 saturated carbocycles. The number of halogens is 1. The zero-order valence-electron chi connectivity index (χ0n) is 19.7. The number of amides is 2. The monoisotopic (exact) mass is 577 g/mol. The third kappa shape index (κ3) is 3.59. The fourth-order valence-electron chi connectivity index (χ4n) is 6.17. The summed E-state index contributed by atoms with van der Waals surface area (Å²) in [4.78, 5) is 43.4. The van der Waals surface area contributed by atoms with Crippen LogP contribution in [0.1, 0.15) is 19.8 Å². The maximum atomic E-state index is 14.4. The molecule has 4 heterocycles. The highest BCUT2D eigenvalue weighted by Crippen LogP contribution is 2.68. The number of thioether (sulfide) groups is 1. The second-order valence-corrected chi connectivity index (χ2v) is 12.3. The summed E-state index contributed by atoms with van der Waals surface area (Å²) >= 11 is 5.08. The molecule has 7 atom stereocenters. The quantitative estimate of drug-likeness (QED) is 0.340. The molecule has 2 N–H and O–H groups in total. The number of carbonyl (C=O) groups is 3. The lowest BCUT2D eigenvalue weighted by molar-refractivity contribution is -0.150. The number of para-hydroxylation sites is 1. The second kappa shape index (κ2) is 9.46. The van der Waals surface area contributed by atoms with Crippen LogP contribution in [-0.4, -0.2) is 92.8 Å². The SMILES string of the molecule is C=CCN(Cn1nnc2ccccc21)C(=O)C1N([C@@H](CC)CO)C(=O)[C@@H]2[C@H](C(=O)O)[C@H]3SC12CC3Br. The summed E-state index contributed by atoms with van der Waals surface area (Å²) in [5.74, 6) is -3.42. The smallest absolute Gasteiger partial charge is 0.308 e. The van der Waals surface area contributed by atoms with Crippen molar-refractivity contribution in [1.82, 2.24) is 24.8 Å². The number of alkyl halides is 1. The highest BCUT2D eigenvalue weighted by molar-refractivity contribution is 9.09. The largest absolute Gasteiger partial charge is 0.481 e. The predicted octanol–water partition coefficient (Wildman–Crippen LogP) is 1.72. The second-order valence-electron chi connectivity index (χ2n) is 9.56. The van der Waals surface area contributed by atoms with E-state index in [2.05, 4.69) is 32.8 Å². The Balaban J connectivity index is 1.57. The van der Waals surface area contributed by atoms with Crippen molar-refractivity contribution in [1.29, 1.82) is 0 Å². The van der Waals surface area contributed by atoms with Gasteiger partial charge >= 0.3 is 5.97 Å². The molecule has 0 radical (unpaired) electrons. The van der Waals surface area contributed by atoms with E-state index >= 15 is 0 Å². The third-order valence-corrected chi connectivity index (χ3v) is 10.9. The van der Waals surface area contributed by atoms with Crippen molar-refractivity contribution >= 4 is 56.5 Å². The molecule has 3 aliphatic heterocycles. The Morgan fingerprint density at radius 2 is 2.17 bits per heavy atom. The lowest BCUT2D eigenvalue weighted by atomic mass is 9.71. The van der Waals surface area contributed by atoms with Crippen LogP contribution in [0.5, 0.6) is 0 Å². The Bertz CT molecular complexity index is 1220. The van der Waals surface area contributed by atoms with Gasteiger partial charge < -0.3 is 20.0 Å². The zero-order chi connectivity index (χ0) is 25.8. The number of aliphatic hydroxyl groups is 1. The summed E-state index contributed by atoms with van der Waals surface area (Å²) in [6.07, 6.45) is 2.54. The highest BCUT2D eigenvalue weighted by atomic mass is 79.9. The molecule has 2 bridgehead atoms. The molecule has 3 fully saturated rings. The van der Waals surface area contributed by atoms with Crippen molar-refractivity contribution in [2.24, 2.45) is 11.8 Å². The van der Waals surface area contributed by atoms with Gasteiger partial charge in [-0.25, -0.2) is 4.68 Å². The number of carbonyl (C=O) groups excluding carboxylic acids is 2. The molecule has 36 heavy (non-hydrogen) atoms. The van der Waals surface area contributed by atoms with Gasteiger partial charge in [0.1, 0.15) is 18.2 Å². The molecular weight excluding hydrogens is 550 g/mol. The molecule has 12 heteroatoms. The third-order valence-electron chi connectivity index (χ3n) is 7.71. The predicted molar refractivity (Wildman–Crippen MR) is 137 cm³/mol. The van der Waals surface area contributed by atoms with Gasteiger partial charge in [-0.05, 0) is 25.0 Å². The molecule has 1 aromatic carbocycles. The minimum absolute atomic E-state index is 0.0920. The first-order valence-corrected chi connectivity index (χ1v) is 13.7. The fraction of sp³-hybridized carbons (Fsp3) is 0.542. The fourth-order valence-corrected chi connectivity index (χ4v) is 9.75. The molecule has 1 spiro atoms. The normalized spacial score (nSPS) is 31.6. The number of carboxylic acid groups (broad SMARTS) is 1. The minimum atomic E-state index is -1.03. The molecule has 1 aromatic heterocycles. The van der Waals surface area contributed by atoms with Gasteiger partial charge in [-0.3, -0.25) is 14.4 Å². The van der Waals surface area contributed by atoms with E-state index in [1.54, 1.807) is 15.7 Å². The van der Waals surface area contributed by atoms with Crippen LogP contribution in [0.3, 0.4) is 0 Å². The van der Waals surface area contributed by atoms with Crippen molar-refractivity contribution in [2.45, 2.75) is 53.3 Å². The van der Waals surface area contributed by atoms with Crippen LogP contribution in [0.4, 0.5) is 0 Å². The summed E-state index contributed by atoms with van der Waals surface area (Å²) in [7, 11) is 0. The van der Waals surface area contributed by atoms with Crippen LogP contribution in [0.2, 0.25) is 0 Å². The summed E-state index contributed by atoms with van der Waals surface area (Å²) in [5.41, 5.74) is 1.46. The summed E-state index contributed by atoms with van der Waals surface area (Å²) in [5, 5.41) is 28.3. The van der Waals surface area contributed by atoms with Crippen LogP contribution < -0.4 is 0 Å². The molecule has 0 aliphatic carbocycles. The molecular formula is C24H28BrN5O5S. The molecule has 2 aromatic rings. The van der Waals surface area contributed by atoms with E-state index in [4.69, 9.17) is 0 Å². The minimum Gasteiger partial charge on any atom is -0.481 e. The van der Waals surface area contributed by atoms with Gasteiger partial charge in [-0.15, -0.1) is 23.4 Å². The molecule has 5 rings (SSSR count). The number of rotatable bonds is 9. The van der Waals surface area contributed by atoms with E-state index in [-0.39, 0.29) is 41.7 Å². The van der Waals surface area contributed by atoms with E-state index < -0.39 is 34.6 Å². The number of fused-ring (bicyclic) bond motifs is 2. The first-order valence-electron chi connectivity index (χ1n) is 11.9. The molecule has 3 unspecified atom stereocenters. The lowest BCUT2D eigenvalue weighted by Gasteiger charge is -2.39. The summed E-state index contributed by atoms with van der Waals surface area (Å²) in [6, 6.07) is 5.92. The van der Waals surface area contributed by atoms with Crippen molar-refractivity contribution < 1.29 is 24.6 Å². The maximum absolute atomic E-state index is 14.4. The Morgan fingerprint density at radius 1 is 1.42 bits per heavy atom. The van der Waals surface area contributed by atoms with Crippen molar-refractivity contribution in [2.75, 3.05) is 13.2 Å². The number of aliphatic carboxylic acids is 1. The number of carboxylic acids is 1. The van der Waals surface area contributed by atoms with E-state index in [0.29, 0.717) is 18.4 Å². The van der Waals surface area contributed by atoms with Crippen LogP contribution in [0, 0.1) is 11.8 Å². The first kappa shape index (κ1) is 25.2. The van der Waals surface area contributed by atoms with Gasteiger partial charge in [-0.1, -0.05) is 46.3 Å². The van der Waals surface area contributed by atoms with Crippen LogP contribution >= 0.6 is 27.7 Å². The van der Waals surface area contributed by atoms with Gasteiger partial charge in [0, 0.05) is 16.6 Å². The Hall–Kier alpha value is -2.44. The van der Waals surface area contributed by atoms with E-state index in [1.807, 2.05) is 31.2 Å². The van der Waals surface area contributed by atoms with Gasteiger partial charge in [0.15, 0.2) is 0 Å². The number of hydrogen-bond acceptors (Lipinski definition) is 7. The number of likely N-dealkylation sites (tertiary alicyclic amines) is 1. The van der Waals surface area contributed by atoms with Crippen molar-refractivity contribution in [3.8, 4) is 0 Å². The highest BCUT2D eigenvalue weighted by Gasteiger charge is 2.76. The number of aromatic nitrogens is 3. The molecule has 192 valence electrons. The molecule has 3 aliphatic rings. The van der Waals surface area contributed by atoms with Crippen LogP contribution in [0.15, 0.2) is 36.9 Å². The number of hydrogen-bond donors (Lipinski definition) is 2. The lowest BCUT2D eigenvalue weighted by Crippen LogP contribution is -2.57.